The van der Waals surface area contributed by atoms with Crippen LogP contribution in [0.25, 0.3) is 0 Å². The molecule has 0 bridgehead atoms. The minimum atomic E-state index is 0.0465. The van der Waals surface area contributed by atoms with Crippen molar-refractivity contribution in [2.24, 2.45) is 0 Å². The summed E-state index contributed by atoms with van der Waals surface area (Å²) in [5.41, 5.74) is 1.44. The van der Waals surface area contributed by atoms with Gasteiger partial charge in [-0.1, -0.05) is 0 Å². The molecule has 0 amide bonds. The summed E-state index contributed by atoms with van der Waals surface area (Å²) in [4.78, 5) is 12.0. The molecule has 2 aromatic heterocycles. The van der Waals surface area contributed by atoms with Crippen LogP contribution in [0.4, 0.5) is 0 Å². The van der Waals surface area contributed by atoms with Gasteiger partial charge in [-0.25, -0.2) is 0 Å². The van der Waals surface area contributed by atoms with Gasteiger partial charge in [-0.3, -0.25) is 9.48 Å². The molecule has 0 saturated carbocycles. The highest BCUT2D eigenvalue weighted by Crippen LogP contribution is 2.13. The van der Waals surface area contributed by atoms with Crippen LogP contribution in [-0.4, -0.2) is 15.6 Å². The molecule has 0 N–H and O–H groups in total. The minimum absolute atomic E-state index is 0.0465. The number of furan rings is 1. The quantitative estimate of drug-likeness (QED) is 0.761. The van der Waals surface area contributed by atoms with Crippen LogP contribution in [0.1, 0.15) is 41.7 Å². The van der Waals surface area contributed by atoms with Crippen LogP contribution in [0.3, 0.4) is 0 Å². The SMILES string of the molecule is Cc1occc1C(=O)Cc1ccn(C(C)C)n1. The van der Waals surface area contributed by atoms with E-state index in [1.165, 1.54) is 6.26 Å². The number of ketones is 1. The Labute approximate surface area is 100 Å². The molecule has 0 spiro atoms. The molecule has 2 heterocycles. The molecule has 2 aromatic rings. The van der Waals surface area contributed by atoms with E-state index in [1.807, 2.05) is 16.9 Å². The van der Waals surface area contributed by atoms with E-state index in [0.717, 1.165) is 5.69 Å². The van der Waals surface area contributed by atoms with Gasteiger partial charge < -0.3 is 4.42 Å². The highest BCUT2D eigenvalue weighted by atomic mass is 16.3. The topological polar surface area (TPSA) is 48.0 Å². The Hall–Kier alpha value is -1.84. The first kappa shape index (κ1) is 11.6. The number of carbonyl (C=O) groups is 1. The summed E-state index contributed by atoms with van der Waals surface area (Å²) >= 11 is 0. The lowest BCUT2D eigenvalue weighted by Gasteiger charge is -2.03. The third-order valence-corrected chi connectivity index (χ3v) is 2.69. The third-order valence-electron chi connectivity index (χ3n) is 2.69. The van der Waals surface area contributed by atoms with Crippen molar-refractivity contribution < 1.29 is 9.21 Å². The molecule has 0 aromatic carbocycles. The predicted molar refractivity (Wildman–Crippen MR) is 64.1 cm³/mol. The van der Waals surface area contributed by atoms with Crippen molar-refractivity contribution in [3.05, 3.63) is 41.6 Å². The fraction of sp³-hybridized carbons (Fsp3) is 0.385. The first-order valence-electron chi connectivity index (χ1n) is 5.69. The summed E-state index contributed by atoms with van der Waals surface area (Å²) in [6.45, 7) is 5.90. The fourth-order valence-electron chi connectivity index (χ4n) is 1.69. The number of nitrogens with zero attached hydrogens (tertiary/aromatic N) is 2. The van der Waals surface area contributed by atoms with E-state index < -0.39 is 0 Å². The molecule has 17 heavy (non-hydrogen) atoms. The zero-order valence-corrected chi connectivity index (χ0v) is 10.3. The molecule has 0 aliphatic carbocycles. The van der Waals surface area contributed by atoms with Gasteiger partial charge in [-0.05, 0) is 32.9 Å². The smallest absolute Gasteiger partial charge is 0.172 e. The Kier molecular flexibility index (Phi) is 3.13. The number of aryl methyl sites for hydroxylation is 1. The summed E-state index contributed by atoms with van der Waals surface area (Å²) < 4.78 is 6.97. The average Bonchev–Trinajstić information content (AvgIpc) is 2.86. The molecule has 4 heteroatoms. The van der Waals surface area contributed by atoms with Crippen LogP contribution < -0.4 is 0 Å². The Morgan fingerprint density at radius 3 is 2.76 bits per heavy atom. The molecule has 0 fully saturated rings. The van der Waals surface area contributed by atoms with Crippen molar-refractivity contribution >= 4 is 5.78 Å². The summed E-state index contributed by atoms with van der Waals surface area (Å²) in [5.74, 6) is 0.712. The van der Waals surface area contributed by atoms with Gasteiger partial charge in [0, 0.05) is 12.2 Å². The predicted octanol–water partition coefficient (Wildman–Crippen LogP) is 2.79. The van der Waals surface area contributed by atoms with Gasteiger partial charge in [0.1, 0.15) is 5.76 Å². The lowest BCUT2D eigenvalue weighted by molar-refractivity contribution is 0.0990. The molecule has 0 radical (unpaired) electrons. The van der Waals surface area contributed by atoms with E-state index in [1.54, 1.807) is 13.0 Å². The normalized spacial score (nSPS) is 11.1. The van der Waals surface area contributed by atoms with Crippen molar-refractivity contribution in [1.82, 2.24) is 9.78 Å². The summed E-state index contributed by atoms with van der Waals surface area (Å²) in [6.07, 6.45) is 3.75. The minimum Gasteiger partial charge on any atom is -0.469 e. The lowest BCUT2D eigenvalue weighted by Crippen LogP contribution is -2.06. The second-order valence-electron chi connectivity index (χ2n) is 4.37. The number of hydrogen-bond donors (Lipinski definition) is 0. The van der Waals surface area contributed by atoms with Crippen LogP contribution in [-0.2, 0) is 6.42 Å². The van der Waals surface area contributed by atoms with Crippen molar-refractivity contribution in [3.8, 4) is 0 Å². The Bertz CT molecular complexity index is 523. The zero-order valence-electron chi connectivity index (χ0n) is 10.3. The first-order chi connectivity index (χ1) is 8.08. The molecular formula is C13H16N2O2. The van der Waals surface area contributed by atoms with Gasteiger partial charge >= 0.3 is 0 Å². The Morgan fingerprint density at radius 2 is 2.24 bits per heavy atom. The Morgan fingerprint density at radius 1 is 1.47 bits per heavy atom. The van der Waals surface area contributed by atoms with E-state index in [-0.39, 0.29) is 5.78 Å². The van der Waals surface area contributed by atoms with Crippen molar-refractivity contribution in [3.63, 3.8) is 0 Å². The van der Waals surface area contributed by atoms with E-state index in [9.17, 15) is 4.79 Å². The average molecular weight is 232 g/mol. The largest absolute Gasteiger partial charge is 0.469 e. The summed E-state index contributed by atoms with van der Waals surface area (Å²) in [7, 11) is 0. The number of rotatable bonds is 4. The van der Waals surface area contributed by atoms with Gasteiger partial charge in [0.2, 0.25) is 0 Å². The van der Waals surface area contributed by atoms with Crippen molar-refractivity contribution in [1.29, 1.82) is 0 Å². The highest BCUT2D eigenvalue weighted by Gasteiger charge is 2.13. The standard InChI is InChI=1S/C13H16N2O2/c1-9(2)15-6-4-11(14-15)8-13(16)12-5-7-17-10(12)3/h4-7,9H,8H2,1-3H3. The summed E-state index contributed by atoms with van der Waals surface area (Å²) in [6, 6.07) is 3.90. The number of carbonyl (C=O) groups excluding carboxylic acids is 1. The first-order valence-corrected chi connectivity index (χ1v) is 5.69. The molecule has 0 saturated heterocycles. The van der Waals surface area contributed by atoms with Crippen LogP contribution >= 0.6 is 0 Å². The Balaban J connectivity index is 2.11. The maximum Gasteiger partial charge on any atom is 0.172 e. The van der Waals surface area contributed by atoms with Crippen LogP contribution in [0.5, 0.6) is 0 Å². The van der Waals surface area contributed by atoms with Crippen LogP contribution in [0.2, 0.25) is 0 Å². The van der Waals surface area contributed by atoms with E-state index in [2.05, 4.69) is 18.9 Å². The van der Waals surface area contributed by atoms with Gasteiger partial charge in [-0.2, -0.15) is 5.10 Å². The van der Waals surface area contributed by atoms with E-state index >= 15 is 0 Å². The van der Waals surface area contributed by atoms with Crippen molar-refractivity contribution in [2.45, 2.75) is 33.2 Å². The molecule has 2 rings (SSSR count). The maximum atomic E-state index is 12.0. The number of aromatic nitrogens is 2. The fourth-order valence-corrected chi connectivity index (χ4v) is 1.69. The number of hydrogen-bond acceptors (Lipinski definition) is 3. The van der Waals surface area contributed by atoms with Crippen LogP contribution in [0, 0.1) is 6.92 Å². The molecule has 90 valence electrons. The zero-order chi connectivity index (χ0) is 12.4. The van der Waals surface area contributed by atoms with Crippen molar-refractivity contribution in [2.75, 3.05) is 0 Å². The molecule has 0 aliphatic heterocycles. The maximum absolute atomic E-state index is 12.0. The third kappa shape index (κ3) is 2.46. The monoisotopic (exact) mass is 232 g/mol. The second-order valence-corrected chi connectivity index (χ2v) is 4.37. The van der Waals surface area contributed by atoms with E-state index in [0.29, 0.717) is 23.8 Å². The van der Waals surface area contributed by atoms with Gasteiger partial charge in [0.15, 0.2) is 5.78 Å². The number of Topliss-reactive ketones (excluding diaryl/α,β-unsaturated/α-hetero) is 1. The van der Waals surface area contributed by atoms with E-state index in [4.69, 9.17) is 4.42 Å². The van der Waals surface area contributed by atoms with Gasteiger partial charge in [-0.15, -0.1) is 0 Å². The second kappa shape index (κ2) is 4.57. The summed E-state index contributed by atoms with van der Waals surface area (Å²) in [5, 5.41) is 4.35. The van der Waals surface area contributed by atoms with Gasteiger partial charge in [0.05, 0.1) is 23.9 Å². The molecule has 0 aliphatic rings. The molecule has 0 atom stereocenters. The molecule has 0 unspecified atom stereocenters. The lowest BCUT2D eigenvalue weighted by atomic mass is 10.1. The highest BCUT2D eigenvalue weighted by molar-refractivity contribution is 5.98. The van der Waals surface area contributed by atoms with Gasteiger partial charge in [0.25, 0.3) is 0 Å². The van der Waals surface area contributed by atoms with Crippen LogP contribution in [0.15, 0.2) is 29.0 Å². The molecule has 4 nitrogen and oxygen atoms in total. The molecular weight excluding hydrogens is 216 g/mol.